The number of nitrogens with zero attached hydrogens (tertiary/aromatic N) is 2. The molecule has 7 nitrogen and oxygen atoms in total. The minimum atomic E-state index is -0.940. The highest BCUT2D eigenvalue weighted by Crippen LogP contribution is 2.28. The van der Waals surface area contributed by atoms with Crippen molar-refractivity contribution in [1.82, 2.24) is 4.90 Å². The predicted molar refractivity (Wildman–Crippen MR) is 145 cm³/mol. The third-order valence-corrected chi connectivity index (χ3v) is 7.73. The third kappa shape index (κ3) is 7.25. The van der Waals surface area contributed by atoms with E-state index in [0.717, 1.165) is 60.1 Å². The van der Waals surface area contributed by atoms with E-state index < -0.39 is 23.8 Å². The number of carboxylic acids is 2. The minimum absolute atomic E-state index is 0.0253. The standard InChI is InChI=1S/C22H24N2O.C9H12O4/c25-22-20(19-8-4-5-9-21(19)23-22)11-10-17-12-14-24(15-13-17)16-18-6-2-1-3-7-18;1-5-2-6(8(10)11)4-7(3-5)9(12)13/h1-9,17H,10-16H2;2,6-7H,3-4H2,1H3,(H,10,11)(H,12,13). The van der Waals surface area contributed by atoms with Crippen LogP contribution in [0.5, 0.6) is 0 Å². The number of piperidine rings is 1. The largest absolute Gasteiger partial charge is 0.481 e. The van der Waals surface area contributed by atoms with Crippen molar-refractivity contribution >= 4 is 23.4 Å². The molecular formula is C31H36N2O5. The van der Waals surface area contributed by atoms with Gasteiger partial charge in [0.05, 0.1) is 17.2 Å². The molecule has 2 aromatic carbocycles. The summed E-state index contributed by atoms with van der Waals surface area (Å²) in [6, 6.07) is 18.6. The second-order valence-corrected chi connectivity index (χ2v) is 10.6. The Kier molecular flexibility index (Phi) is 9.24. The quantitative estimate of drug-likeness (QED) is 0.542. The van der Waals surface area contributed by atoms with E-state index in [1.54, 1.807) is 13.0 Å². The second-order valence-electron chi connectivity index (χ2n) is 10.6. The summed E-state index contributed by atoms with van der Waals surface area (Å²) in [7, 11) is 0. The number of para-hydroxylation sites is 1. The van der Waals surface area contributed by atoms with Crippen LogP contribution < -0.4 is 10.6 Å². The first-order valence-corrected chi connectivity index (χ1v) is 13.4. The average Bonchev–Trinajstić information content (AvgIpc) is 3.23. The van der Waals surface area contributed by atoms with Crippen LogP contribution in [0.25, 0.3) is 5.57 Å². The molecule has 2 aromatic rings. The number of benzene rings is 2. The number of fused-ring (bicyclic) bond motifs is 1. The van der Waals surface area contributed by atoms with Crippen LogP contribution in [0.3, 0.4) is 0 Å². The highest BCUT2D eigenvalue weighted by atomic mass is 16.4. The number of allylic oxidation sites excluding steroid dienone is 1. The first-order chi connectivity index (χ1) is 18.3. The average molecular weight is 517 g/mol. The smallest absolute Gasteiger partial charge is 0.310 e. The lowest BCUT2D eigenvalue weighted by atomic mass is 9.83. The summed E-state index contributed by atoms with van der Waals surface area (Å²) in [6.07, 6.45) is 6.75. The number of likely N-dealkylation sites (tertiary alicyclic amines) is 1. The van der Waals surface area contributed by atoms with Gasteiger partial charge in [-0.05, 0) is 76.1 Å². The van der Waals surface area contributed by atoms with E-state index in [9.17, 15) is 14.4 Å². The molecule has 1 aliphatic carbocycles. The van der Waals surface area contributed by atoms with Gasteiger partial charge < -0.3 is 10.2 Å². The van der Waals surface area contributed by atoms with Gasteiger partial charge in [-0.3, -0.25) is 19.3 Å². The van der Waals surface area contributed by atoms with E-state index in [2.05, 4.69) is 40.2 Å². The molecule has 1 saturated heterocycles. The van der Waals surface area contributed by atoms with Crippen molar-refractivity contribution in [2.75, 3.05) is 13.1 Å². The molecule has 0 spiro atoms. The summed E-state index contributed by atoms with van der Waals surface area (Å²) >= 11 is 0. The van der Waals surface area contributed by atoms with Crippen molar-refractivity contribution in [1.29, 1.82) is 0 Å². The second kappa shape index (κ2) is 12.8. The van der Waals surface area contributed by atoms with Crippen LogP contribution in [-0.2, 0) is 20.9 Å². The Hall–Kier alpha value is -3.58. The fourth-order valence-electron chi connectivity index (χ4n) is 5.60. The van der Waals surface area contributed by atoms with Gasteiger partial charge in [0.25, 0.3) is 5.91 Å². The zero-order valence-corrected chi connectivity index (χ0v) is 21.9. The van der Waals surface area contributed by atoms with Gasteiger partial charge in [-0.1, -0.05) is 60.2 Å². The van der Waals surface area contributed by atoms with Crippen molar-refractivity contribution in [3.05, 3.63) is 82.4 Å². The summed E-state index contributed by atoms with van der Waals surface area (Å²) < 4.78 is 0. The van der Waals surface area contributed by atoms with E-state index >= 15 is 0 Å². The van der Waals surface area contributed by atoms with E-state index in [4.69, 9.17) is 10.2 Å². The molecule has 2 unspecified atom stereocenters. The van der Waals surface area contributed by atoms with E-state index in [-0.39, 0.29) is 12.3 Å². The number of carbonyl (C=O) groups is 3. The Morgan fingerprint density at radius 2 is 1.66 bits per heavy atom. The Balaban J connectivity index is 0.000000219. The van der Waals surface area contributed by atoms with E-state index in [0.29, 0.717) is 6.42 Å². The number of rotatable bonds is 7. The summed E-state index contributed by atoms with van der Waals surface area (Å²) in [5, 5.41) is 19.4. The van der Waals surface area contributed by atoms with Gasteiger partial charge >= 0.3 is 11.9 Å². The van der Waals surface area contributed by atoms with Gasteiger partial charge in [0, 0.05) is 17.3 Å². The molecule has 0 saturated carbocycles. The molecule has 2 atom stereocenters. The number of aliphatic carboxylic acids is 2. The molecule has 200 valence electrons. The predicted octanol–water partition coefficient (Wildman–Crippen LogP) is 3.82. The van der Waals surface area contributed by atoms with Gasteiger partial charge in [0.2, 0.25) is 0 Å². The van der Waals surface area contributed by atoms with Crippen LogP contribution in [0.4, 0.5) is 0 Å². The van der Waals surface area contributed by atoms with Crippen LogP contribution in [-0.4, -0.2) is 46.0 Å². The molecule has 3 aliphatic rings. The number of amides is 1. The molecule has 2 heterocycles. The maximum atomic E-state index is 12.1. The van der Waals surface area contributed by atoms with Crippen molar-refractivity contribution < 1.29 is 24.6 Å². The minimum Gasteiger partial charge on any atom is -0.481 e. The van der Waals surface area contributed by atoms with Crippen LogP contribution >= 0.6 is 0 Å². The lowest BCUT2D eigenvalue weighted by molar-refractivity contribution is -0.145. The molecule has 2 N–H and O–H groups in total. The first kappa shape index (κ1) is 27.5. The Morgan fingerprint density at radius 3 is 2.34 bits per heavy atom. The zero-order valence-electron chi connectivity index (χ0n) is 21.9. The summed E-state index contributed by atoms with van der Waals surface area (Å²) in [5.41, 5.74) is 3.17. The molecule has 7 heteroatoms. The number of carboxylic acid groups (broad SMARTS) is 2. The molecule has 2 aliphatic heterocycles. The topological polar surface area (TPSA) is 107 Å². The summed E-state index contributed by atoms with van der Waals surface area (Å²) in [6.45, 7) is 5.13. The van der Waals surface area contributed by atoms with Gasteiger partial charge in [0.1, 0.15) is 0 Å². The van der Waals surface area contributed by atoms with Crippen molar-refractivity contribution in [3.8, 4) is 0 Å². The van der Waals surface area contributed by atoms with Gasteiger partial charge in [-0.25, -0.2) is 4.99 Å². The summed E-state index contributed by atoms with van der Waals surface area (Å²) in [5.74, 6) is -2.31. The zero-order chi connectivity index (χ0) is 27.1. The lowest BCUT2D eigenvalue weighted by Gasteiger charge is -2.32. The normalized spacial score (nSPS) is 21.6. The maximum absolute atomic E-state index is 12.1. The number of carbonyl (C=O) groups excluding carboxylic acids is 1. The molecule has 1 fully saturated rings. The van der Waals surface area contributed by atoms with Crippen LogP contribution in [0, 0.1) is 17.8 Å². The van der Waals surface area contributed by atoms with E-state index in [1.807, 2.05) is 24.3 Å². The van der Waals surface area contributed by atoms with Gasteiger partial charge in [-0.15, -0.1) is 0 Å². The third-order valence-electron chi connectivity index (χ3n) is 7.73. The Bertz CT molecular complexity index is 1310. The lowest BCUT2D eigenvalue weighted by Crippen LogP contribution is -2.33. The molecule has 0 radical (unpaired) electrons. The van der Waals surface area contributed by atoms with Crippen molar-refractivity contribution in [2.45, 2.75) is 52.0 Å². The Labute approximate surface area is 223 Å². The van der Waals surface area contributed by atoms with Crippen LogP contribution in [0.2, 0.25) is 0 Å². The molecule has 0 bridgehead atoms. The fourth-order valence-corrected chi connectivity index (χ4v) is 5.60. The molecule has 38 heavy (non-hydrogen) atoms. The molecule has 1 amide bonds. The monoisotopic (exact) mass is 516 g/mol. The first-order valence-electron chi connectivity index (χ1n) is 13.4. The van der Waals surface area contributed by atoms with Gasteiger partial charge in [-0.2, -0.15) is 0 Å². The number of hydrogen-bond donors (Lipinski definition) is 2. The molecule has 0 aromatic heterocycles. The highest BCUT2D eigenvalue weighted by molar-refractivity contribution is 6.15. The van der Waals surface area contributed by atoms with Crippen LogP contribution in [0.1, 0.15) is 51.0 Å². The number of hydrogen-bond acceptors (Lipinski definition) is 4. The van der Waals surface area contributed by atoms with Crippen LogP contribution in [0.15, 0.2) is 71.2 Å². The summed E-state index contributed by atoms with van der Waals surface area (Å²) in [4.78, 5) is 40.1. The maximum Gasteiger partial charge on any atom is 0.310 e. The van der Waals surface area contributed by atoms with E-state index in [1.165, 1.54) is 18.4 Å². The molecule has 5 rings (SSSR count). The van der Waals surface area contributed by atoms with Crippen molar-refractivity contribution in [2.24, 2.45) is 22.7 Å². The SMILES string of the molecule is CC1=CC(C(=O)O)CC(C(=O)O)C1.O=C1N=c2ccccc2=C1CCC1CCN(Cc2ccccc2)CC1. The van der Waals surface area contributed by atoms with Crippen molar-refractivity contribution in [3.63, 3.8) is 0 Å². The Morgan fingerprint density at radius 1 is 0.974 bits per heavy atom. The fraction of sp³-hybridized carbons (Fsp3) is 0.419. The molecular weight excluding hydrogens is 480 g/mol. The highest BCUT2D eigenvalue weighted by Gasteiger charge is 2.29. The van der Waals surface area contributed by atoms with Gasteiger partial charge in [0.15, 0.2) is 0 Å².